The first-order valence-corrected chi connectivity index (χ1v) is 6.96. The summed E-state index contributed by atoms with van der Waals surface area (Å²) in [7, 11) is 1.86. The summed E-state index contributed by atoms with van der Waals surface area (Å²) in [5, 5.41) is 19.0. The maximum Gasteiger partial charge on any atom is 0.351 e. The number of hydrogen-bond acceptors (Lipinski definition) is 6. The number of aliphatic hydroxyl groups is 2. The molecule has 0 spiro atoms. The van der Waals surface area contributed by atoms with E-state index in [0.717, 1.165) is 5.69 Å². The molecule has 0 radical (unpaired) electrons. The molecule has 118 valence electrons. The molecule has 2 aromatic heterocycles. The molecule has 0 amide bonds. The highest BCUT2D eigenvalue weighted by Gasteiger charge is 2.35. The van der Waals surface area contributed by atoms with Crippen LogP contribution in [-0.2, 0) is 11.8 Å². The summed E-state index contributed by atoms with van der Waals surface area (Å²) in [4.78, 5) is 15.9. The van der Waals surface area contributed by atoms with Crippen LogP contribution in [0.3, 0.4) is 0 Å². The Morgan fingerprint density at radius 2 is 2.32 bits per heavy atom. The molecule has 0 unspecified atom stereocenters. The van der Waals surface area contributed by atoms with E-state index in [1.807, 2.05) is 29.9 Å². The van der Waals surface area contributed by atoms with Gasteiger partial charge in [0.1, 0.15) is 18.1 Å². The van der Waals surface area contributed by atoms with Crippen molar-refractivity contribution in [2.75, 3.05) is 12.3 Å². The summed E-state index contributed by atoms with van der Waals surface area (Å²) in [5.74, 6) is 0.139. The van der Waals surface area contributed by atoms with Gasteiger partial charge in [0, 0.05) is 25.9 Å². The molecule has 1 saturated heterocycles. The van der Waals surface area contributed by atoms with Crippen LogP contribution in [0.2, 0.25) is 0 Å². The van der Waals surface area contributed by atoms with Crippen LogP contribution >= 0.6 is 0 Å². The van der Waals surface area contributed by atoms with E-state index in [0.29, 0.717) is 5.56 Å². The van der Waals surface area contributed by atoms with Gasteiger partial charge in [-0.25, -0.2) is 4.79 Å². The van der Waals surface area contributed by atoms with Gasteiger partial charge >= 0.3 is 5.69 Å². The monoisotopic (exact) mass is 306 g/mol. The first-order chi connectivity index (χ1) is 10.5. The Balaban J connectivity index is 2.03. The number of hydrogen-bond donors (Lipinski definition) is 3. The number of aromatic nitrogens is 3. The van der Waals surface area contributed by atoms with Crippen molar-refractivity contribution in [3.8, 4) is 11.3 Å². The average Bonchev–Trinajstić information content (AvgIpc) is 3.05. The number of nitrogen functional groups attached to an aromatic ring is 1. The van der Waals surface area contributed by atoms with Gasteiger partial charge in [-0.15, -0.1) is 0 Å². The highest BCUT2D eigenvalue weighted by molar-refractivity contribution is 5.70. The Labute approximate surface area is 126 Å². The van der Waals surface area contributed by atoms with Gasteiger partial charge in [0.2, 0.25) is 0 Å². The Morgan fingerprint density at radius 1 is 1.55 bits per heavy atom. The SMILES string of the molecule is Cn1cccc1-c1cn([C@H]2C[C@H](O)[C@@H](CO)O2)c(=O)nc1N. The second-order valence-corrected chi connectivity index (χ2v) is 5.35. The topological polar surface area (TPSA) is 116 Å². The predicted molar refractivity (Wildman–Crippen MR) is 78.9 cm³/mol. The molecule has 3 heterocycles. The first kappa shape index (κ1) is 14.8. The van der Waals surface area contributed by atoms with Crippen molar-refractivity contribution in [2.24, 2.45) is 7.05 Å². The maximum atomic E-state index is 12.1. The number of aryl methyl sites for hydroxylation is 1. The number of rotatable bonds is 3. The molecule has 0 bridgehead atoms. The lowest BCUT2D eigenvalue weighted by atomic mass is 10.2. The smallest absolute Gasteiger partial charge is 0.351 e. The summed E-state index contributed by atoms with van der Waals surface area (Å²) in [6, 6.07) is 3.73. The molecule has 3 rings (SSSR count). The van der Waals surface area contributed by atoms with Crippen molar-refractivity contribution >= 4 is 5.82 Å². The van der Waals surface area contributed by atoms with Gasteiger partial charge in [0.05, 0.1) is 24.0 Å². The Hall–Kier alpha value is -2.16. The number of anilines is 1. The molecule has 1 fully saturated rings. The maximum absolute atomic E-state index is 12.1. The van der Waals surface area contributed by atoms with Crippen LogP contribution in [0.25, 0.3) is 11.3 Å². The highest BCUT2D eigenvalue weighted by Crippen LogP contribution is 2.30. The zero-order chi connectivity index (χ0) is 15.9. The molecule has 3 atom stereocenters. The molecule has 22 heavy (non-hydrogen) atoms. The fraction of sp³-hybridized carbons (Fsp3) is 0.429. The normalized spacial score (nSPS) is 24.8. The van der Waals surface area contributed by atoms with Crippen molar-refractivity contribution in [1.82, 2.24) is 14.1 Å². The van der Waals surface area contributed by atoms with Gasteiger partial charge in [-0.1, -0.05) is 0 Å². The average molecular weight is 306 g/mol. The Kier molecular flexibility index (Phi) is 3.73. The molecule has 0 saturated carbocycles. The van der Waals surface area contributed by atoms with Crippen LogP contribution in [0.1, 0.15) is 12.6 Å². The fourth-order valence-corrected chi connectivity index (χ4v) is 2.68. The van der Waals surface area contributed by atoms with Gasteiger partial charge in [-0.3, -0.25) is 4.57 Å². The van der Waals surface area contributed by atoms with E-state index in [1.165, 1.54) is 4.57 Å². The van der Waals surface area contributed by atoms with E-state index in [9.17, 15) is 9.90 Å². The number of nitrogens with zero attached hydrogens (tertiary/aromatic N) is 3. The quantitative estimate of drug-likeness (QED) is 0.702. The summed E-state index contributed by atoms with van der Waals surface area (Å²) >= 11 is 0. The summed E-state index contributed by atoms with van der Waals surface area (Å²) < 4.78 is 8.67. The largest absolute Gasteiger partial charge is 0.394 e. The van der Waals surface area contributed by atoms with Crippen molar-refractivity contribution < 1.29 is 14.9 Å². The fourth-order valence-electron chi connectivity index (χ4n) is 2.68. The van der Waals surface area contributed by atoms with Crippen LogP contribution in [0, 0.1) is 0 Å². The van der Waals surface area contributed by atoms with E-state index in [1.54, 1.807) is 6.20 Å². The van der Waals surface area contributed by atoms with Gasteiger partial charge in [0.25, 0.3) is 0 Å². The zero-order valence-electron chi connectivity index (χ0n) is 12.1. The van der Waals surface area contributed by atoms with Gasteiger partial charge in [-0.05, 0) is 12.1 Å². The van der Waals surface area contributed by atoms with Crippen molar-refractivity contribution in [3.63, 3.8) is 0 Å². The lowest BCUT2D eigenvalue weighted by Crippen LogP contribution is -2.28. The molecule has 1 aliphatic rings. The van der Waals surface area contributed by atoms with E-state index < -0.39 is 24.1 Å². The molecule has 8 nitrogen and oxygen atoms in total. The third-order valence-corrected chi connectivity index (χ3v) is 3.90. The molecular weight excluding hydrogens is 288 g/mol. The first-order valence-electron chi connectivity index (χ1n) is 6.96. The predicted octanol–water partition coefficient (Wildman–Crippen LogP) is -0.528. The van der Waals surface area contributed by atoms with Gasteiger partial charge < -0.3 is 25.3 Å². The van der Waals surface area contributed by atoms with Crippen molar-refractivity contribution in [3.05, 3.63) is 35.0 Å². The summed E-state index contributed by atoms with van der Waals surface area (Å²) in [6.07, 6.45) is 1.46. The van der Waals surface area contributed by atoms with E-state index in [-0.39, 0.29) is 18.8 Å². The third kappa shape index (κ3) is 2.41. The molecule has 0 aromatic carbocycles. The molecule has 4 N–H and O–H groups in total. The molecular formula is C14H18N4O4. The Morgan fingerprint density at radius 3 is 2.91 bits per heavy atom. The van der Waals surface area contributed by atoms with Crippen LogP contribution in [0.5, 0.6) is 0 Å². The van der Waals surface area contributed by atoms with E-state index >= 15 is 0 Å². The van der Waals surface area contributed by atoms with Crippen molar-refractivity contribution in [1.29, 1.82) is 0 Å². The minimum absolute atomic E-state index is 0.139. The van der Waals surface area contributed by atoms with Crippen molar-refractivity contribution in [2.45, 2.75) is 24.9 Å². The summed E-state index contributed by atoms with van der Waals surface area (Å²) in [5.41, 5.74) is 6.74. The number of aliphatic hydroxyl groups excluding tert-OH is 2. The summed E-state index contributed by atoms with van der Waals surface area (Å²) in [6.45, 7) is -0.306. The van der Waals surface area contributed by atoms with Gasteiger partial charge in [-0.2, -0.15) is 4.98 Å². The van der Waals surface area contributed by atoms with Crippen LogP contribution in [0.4, 0.5) is 5.82 Å². The standard InChI is InChI=1S/C14H18N4O4/c1-17-4-2-3-9(17)8-6-18(14(21)16-13(8)15)12-5-10(20)11(7-19)22-12/h2-4,6,10-12,19-20H,5,7H2,1H3,(H2,15,16,21)/t10-,11+,12+/m0/s1. The van der Waals surface area contributed by atoms with Crippen LogP contribution in [-0.4, -0.2) is 43.1 Å². The molecule has 0 aliphatic carbocycles. The zero-order valence-corrected chi connectivity index (χ0v) is 12.1. The van der Waals surface area contributed by atoms with E-state index in [4.69, 9.17) is 15.6 Å². The second kappa shape index (κ2) is 5.56. The third-order valence-electron chi connectivity index (χ3n) is 3.90. The lowest BCUT2D eigenvalue weighted by molar-refractivity contribution is -0.0458. The minimum Gasteiger partial charge on any atom is -0.394 e. The minimum atomic E-state index is -0.821. The van der Waals surface area contributed by atoms with E-state index in [2.05, 4.69) is 4.98 Å². The highest BCUT2D eigenvalue weighted by atomic mass is 16.5. The molecule has 8 heteroatoms. The Bertz CT molecular complexity index is 739. The second-order valence-electron chi connectivity index (χ2n) is 5.35. The number of ether oxygens (including phenoxy) is 1. The van der Waals surface area contributed by atoms with Gasteiger partial charge in [0.15, 0.2) is 0 Å². The lowest BCUT2D eigenvalue weighted by Gasteiger charge is -2.16. The molecule has 2 aromatic rings. The molecule has 1 aliphatic heterocycles. The number of nitrogens with two attached hydrogens (primary N) is 1. The van der Waals surface area contributed by atoms with Crippen LogP contribution < -0.4 is 11.4 Å². The van der Waals surface area contributed by atoms with Crippen LogP contribution in [0.15, 0.2) is 29.3 Å².